The van der Waals surface area contributed by atoms with Crippen LogP contribution in [0.25, 0.3) is 0 Å². The van der Waals surface area contributed by atoms with Gasteiger partial charge in [-0.25, -0.2) is 15.0 Å². The summed E-state index contributed by atoms with van der Waals surface area (Å²) in [7, 11) is 2.16. The average molecular weight is 340 g/mol. The van der Waals surface area contributed by atoms with E-state index in [1.807, 2.05) is 6.92 Å². The topological polar surface area (TPSA) is 50.1 Å². The van der Waals surface area contributed by atoms with Crippen molar-refractivity contribution in [3.05, 3.63) is 35.8 Å². The third-order valence-corrected chi connectivity index (χ3v) is 5.71. The van der Waals surface area contributed by atoms with Crippen LogP contribution in [0.4, 0.5) is 5.82 Å². The van der Waals surface area contributed by atoms with Crippen LogP contribution in [0.1, 0.15) is 42.9 Å². The molecule has 0 unspecified atom stereocenters. The van der Waals surface area contributed by atoms with Crippen molar-refractivity contribution in [2.24, 2.45) is 0 Å². The van der Waals surface area contributed by atoms with Crippen molar-refractivity contribution in [2.45, 2.75) is 58.2 Å². The van der Waals surface area contributed by atoms with Crippen LogP contribution in [0, 0.1) is 6.92 Å². The largest absolute Gasteiger partial charge is 0.356 e. The van der Waals surface area contributed by atoms with Crippen LogP contribution in [-0.2, 0) is 19.5 Å². The lowest BCUT2D eigenvalue weighted by molar-refractivity contribution is 0.196. The van der Waals surface area contributed by atoms with Gasteiger partial charge in [-0.05, 0) is 39.0 Å². The fraction of sp³-hybridized carbons (Fsp3) is 0.632. The predicted molar refractivity (Wildman–Crippen MR) is 98.6 cm³/mol. The van der Waals surface area contributed by atoms with Crippen molar-refractivity contribution in [2.75, 3.05) is 25.0 Å². The standard InChI is InChI=1S/C19H28N6/c1-15-11-18(22-14-21-15)23(2)16-6-9-24(10-7-16)13-19-20-12-17-5-3-4-8-25(17)19/h11-12,14,16H,3-10,13H2,1-2H3. The highest BCUT2D eigenvalue weighted by Crippen LogP contribution is 2.23. The molecule has 4 rings (SSSR count). The van der Waals surface area contributed by atoms with E-state index in [2.05, 4.69) is 43.6 Å². The lowest BCUT2D eigenvalue weighted by Gasteiger charge is -2.37. The number of rotatable bonds is 4. The summed E-state index contributed by atoms with van der Waals surface area (Å²) in [6.45, 7) is 6.41. The Balaban J connectivity index is 1.35. The molecule has 0 aliphatic carbocycles. The molecule has 0 aromatic carbocycles. The number of imidazole rings is 1. The van der Waals surface area contributed by atoms with Crippen molar-refractivity contribution in [3.8, 4) is 0 Å². The molecule has 0 amide bonds. The number of hydrogen-bond acceptors (Lipinski definition) is 5. The molecule has 2 aliphatic heterocycles. The summed E-state index contributed by atoms with van der Waals surface area (Å²) >= 11 is 0. The van der Waals surface area contributed by atoms with E-state index >= 15 is 0 Å². The summed E-state index contributed by atoms with van der Waals surface area (Å²) in [6.07, 6.45) is 9.90. The first-order valence-electron chi connectivity index (χ1n) is 9.48. The smallest absolute Gasteiger partial charge is 0.132 e. The van der Waals surface area contributed by atoms with Gasteiger partial charge in [0.25, 0.3) is 0 Å². The second-order valence-corrected chi connectivity index (χ2v) is 7.41. The van der Waals surface area contributed by atoms with E-state index in [-0.39, 0.29) is 0 Å². The fourth-order valence-corrected chi connectivity index (χ4v) is 4.11. The Bertz CT molecular complexity index is 716. The summed E-state index contributed by atoms with van der Waals surface area (Å²) in [5.41, 5.74) is 2.45. The van der Waals surface area contributed by atoms with Crippen molar-refractivity contribution in [1.29, 1.82) is 0 Å². The Morgan fingerprint density at radius 2 is 1.96 bits per heavy atom. The predicted octanol–water partition coefficient (Wildman–Crippen LogP) is 2.42. The fourth-order valence-electron chi connectivity index (χ4n) is 4.11. The Labute approximate surface area is 149 Å². The molecule has 0 spiro atoms. The van der Waals surface area contributed by atoms with Gasteiger partial charge < -0.3 is 9.47 Å². The molecule has 0 N–H and O–H groups in total. The minimum atomic E-state index is 0.555. The van der Waals surface area contributed by atoms with Crippen LogP contribution >= 0.6 is 0 Å². The molecule has 134 valence electrons. The van der Waals surface area contributed by atoms with Gasteiger partial charge in [0, 0.05) is 56.4 Å². The molecule has 2 aliphatic rings. The van der Waals surface area contributed by atoms with Crippen LogP contribution in [0.5, 0.6) is 0 Å². The molecule has 25 heavy (non-hydrogen) atoms. The summed E-state index contributed by atoms with van der Waals surface area (Å²) in [4.78, 5) is 18.2. The molecule has 4 heterocycles. The lowest BCUT2D eigenvalue weighted by atomic mass is 10.0. The number of aromatic nitrogens is 4. The van der Waals surface area contributed by atoms with Crippen LogP contribution < -0.4 is 4.90 Å². The maximum atomic E-state index is 4.70. The quantitative estimate of drug-likeness (QED) is 0.855. The van der Waals surface area contributed by atoms with E-state index < -0.39 is 0 Å². The zero-order valence-electron chi connectivity index (χ0n) is 15.4. The second kappa shape index (κ2) is 7.12. The SMILES string of the molecule is Cc1cc(N(C)C2CCN(Cc3ncc4n3CCCC4)CC2)ncn1. The van der Waals surface area contributed by atoms with Crippen molar-refractivity contribution < 1.29 is 0 Å². The van der Waals surface area contributed by atoms with Gasteiger partial charge in [0.2, 0.25) is 0 Å². The van der Waals surface area contributed by atoms with E-state index in [1.165, 1.54) is 43.6 Å². The molecule has 2 aromatic rings. The van der Waals surface area contributed by atoms with Crippen LogP contribution in [0.15, 0.2) is 18.6 Å². The highest BCUT2D eigenvalue weighted by Gasteiger charge is 2.25. The number of hydrogen-bond donors (Lipinski definition) is 0. The molecule has 0 radical (unpaired) electrons. The summed E-state index contributed by atoms with van der Waals surface area (Å²) in [5, 5.41) is 0. The number of piperidine rings is 1. The first kappa shape index (κ1) is 16.5. The van der Waals surface area contributed by atoms with Gasteiger partial charge in [0.1, 0.15) is 18.0 Å². The molecule has 2 aromatic heterocycles. The van der Waals surface area contributed by atoms with Gasteiger partial charge in [0.05, 0.1) is 6.54 Å². The molecular formula is C19H28N6. The monoisotopic (exact) mass is 340 g/mol. The van der Waals surface area contributed by atoms with E-state index in [1.54, 1.807) is 6.33 Å². The molecule has 6 nitrogen and oxygen atoms in total. The first-order chi connectivity index (χ1) is 12.2. The van der Waals surface area contributed by atoms with Gasteiger partial charge in [-0.2, -0.15) is 0 Å². The second-order valence-electron chi connectivity index (χ2n) is 7.41. The van der Waals surface area contributed by atoms with Crippen molar-refractivity contribution >= 4 is 5.82 Å². The summed E-state index contributed by atoms with van der Waals surface area (Å²) in [5.74, 6) is 2.29. The van der Waals surface area contributed by atoms with Crippen LogP contribution in [0.3, 0.4) is 0 Å². The normalized spacial score (nSPS) is 19.0. The maximum absolute atomic E-state index is 4.70. The molecule has 0 atom stereocenters. The third kappa shape index (κ3) is 3.54. The number of aryl methyl sites for hydroxylation is 2. The van der Waals surface area contributed by atoms with Crippen molar-refractivity contribution in [1.82, 2.24) is 24.4 Å². The zero-order chi connectivity index (χ0) is 17.2. The lowest BCUT2D eigenvalue weighted by Crippen LogP contribution is -2.43. The average Bonchev–Trinajstić information content (AvgIpc) is 3.05. The maximum Gasteiger partial charge on any atom is 0.132 e. The molecule has 0 bridgehead atoms. The van der Waals surface area contributed by atoms with Gasteiger partial charge >= 0.3 is 0 Å². The van der Waals surface area contributed by atoms with E-state index in [0.29, 0.717) is 6.04 Å². The third-order valence-electron chi connectivity index (χ3n) is 5.71. The van der Waals surface area contributed by atoms with E-state index in [0.717, 1.165) is 37.7 Å². The number of nitrogens with zero attached hydrogens (tertiary/aromatic N) is 6. The zero-order valence-corrected chi connectivity index (χ0v) is 15.4. The van der Waals surface area contributed by atoms with Gasteiger partial charge in [-0.3, -0.25) is 4.90 Å². The van der Waals surface area contributed by atoms with E-state index in [9.17, 15) is 0 Å². The molecule has 1 saturated heterocycles. The minimum absolute atomic E-state index is 0.555. The Hall–Kier alpha value is -1.95. The first-order valence-corrected chi connectivity index (χ1v) is 9.48. The summed E-state index contributed by atoms with van der Waals surface area (Å²) < 4.78 is 2.45. The molecule has 0 saturated carbocycles. The highest BCUT2D eigenvalue weighted by molar-refractivity contribution is 5.39. The Morgan fingerprint density at radius 1 is 1.12 bits per heavy atom. The van der Waals surface area contributed by atoms with Crippen LogP contribution in [0.2, 0.25) is 0 Å². The number of anilines is 1. The van der Waals surface area contributed by atoms with E-state index in [4.69, 9.17) is 4.98 Å². The molecule has 1 fully saturated rings. The Morgan fingerprint density at radius 3 is 2.76 bits per heavy atom. The van der Waals surface area contributed by atoms with Gasteiger partial charge in [-0.15, -0.1) is 0 Å². The molecular weight excluding hydrogens is 312 g/mol. The van der Waals surface area contributed by atoms with Gasteiger partial charge in [0.15, 0.2) is 0 Å². The highest BCUT2D eigenvalue weighted by atomic mass is 15.2. The Kier molecular flexibility index (Phi) is 4.70. The van der Waals surface area contributed by atoms with Crippen molar-refractivity contribution in [3.63, 3.8) is 0 Å². The summed E-state index contributed by atoms with van der Waals surface area (Å²) in [6, 6.07) is 2.63. The minimum Gasteiger partial charge on any atom is -0.356 e. The van der Waals surface area contributed by atoms with Crippen LogP contribution in [-0.4, -0.2) is 50.6 Å². The molecule has 6 heteroatoms. The number of likely N-dealkylation sites (tertiary alicyclic amines) is 1. The number of fused-ring (bicyclic) bond motifs is 1. The van der Waals surface area contributed by atoms with Gasteiger partial charge in [-0.1, -0.05) is 0 Å².